The van der Waals surface area contributed by atoms with Gasteiger partial charge in [-0.15, -0.1) is 0 Å². The summed E-state index contributed by atoms with van der Waals surface area (Å²) in [5.41, 5.74) is 2.25. The molecule has 18 heavy (non-hydrogen) atoms. The lowest BCUT2D eigenvalue weighted by molar-refractivity contribution is -0.131. The van der Waals surface area contributed by atoms with E-state index in [0.717, 1.165) is 30.0 Å². The van der Waals surface area contributed by atoms with Crippen molar-refractivity contribution in [2.24, 2.45) is 0 Å². The smallest absolute Gasteiger partial charge is 0.224 e. The van der Waals surface area contributed by atoms with Gasteiger partial charge >= 0.3 is 0 Å². The van der Waals surface area contributed by atoms with Gasteiger partial charge in [0.15, 0.2) is 0 Å². The number of benzene rings is 1. The Morgan fingerprint density at radius 2 is 2.22 bits per heavy atom. The van der Waals surface area contributed by atoms with Crippen molar-refractivity contribution in [3.05, 3.63) is 29.3 Å². The van der Waals surface area contributed by atoms with Crippen LogP contribution in [0.5, 0.6) is 5.75 Å². The van der Waals surface area contributed by atoms with Crippen LogP contribution in [-0.2, 0) is 4.79 Å². The summed E-state index contributed by atoms with van der Waals surface area (Å²) in [7, 11) is 3.55. The number of nitrogens with one attached hydrogen (secondary N) is 1. The van der Waals surface area contributed by atoms with Crippen molar-refractivity contribution in [2.75, 3.05) is 27.2 Å². The number of rotatable bonds is 2. The molecule has 0 spiro atoms. The van der Waals surface area contributed by atoms with Crippen molar-refractivity contribution in [1.82, 2.24) is 10.2 Å². The van der Waals surface area contributed by atoms with Crippen molar-refractivity contribution in [3.8, 4) is 5.75 Å². The first-order chi connectivity index (χ1) is 8.63. The number of aryl methyl sites for hydroxylation is 1. The van der Waals surface area contributed by atoms with E-state index in [4.69, 9.17) is 4.74 Å². The second kappa shape index (κ2) is 5.40. The van der Waals surface area contributed by atoms with Gasteiger partial charge in [-0.2, -0.15) is 0 Å². The highest BCUT2D eigenvalue weighted by atomic mass is 16.5. The van der Waals surface area contributed by atoms with E-state index in [1.165, 1.54) is 0 Å². The molecular weight excluding hydrogens is 228 g/mol. The fourth-order valence-corrected chi connectivity index (χ4v) is 2.37. The maximum atomic E-state index is 11.9. The van der Waals surface area contributed by atoms with E-state index in [2.05, 4.69) is 11.4 Å². The first kappa shape index (κ1) is 12.9. The third kappa shape index (κ3) is 2.48. The fraction of sp³-hybridized carbons (Fsp3) is 0.500. The Kier molecular flexibility index (Phi) is 3.87. The van der Waals surface area contributed by atoms with Gasteiger partial charge in [0.05, 0.1) is 13.2 Å². The number of ether oxygens (including phenoxy) is 1. The van der Waals surface area contributed by atoms with E-state index in [1.54, 1.807) is 7.11 Å². The van der Waals surface area contributed by atoms with Gasteiger partial charge in [0, 0.05) is 26.6 Å². The Balaban J connectivity index is 2.28. The van der Waals surface area contributed by atoms with Crippen LogP contribution in [0.25, 0.3) is 0 Å². The Morgan fingerprint density at radius 3 is 2.89 bits per heavy atom. The van der Waals surface area contributed by atoms with Crippen LogP contribution in [0.1, 0.15) is 23.6 Å². The molecule has 98 valence electrons. The lowest BCUT2D eigenvalue weighted by Gasteiger charge is -2.26. The van der Waals surface area contributed by atoms with E-state index in [0.29, 0.717) is 6.42 Å². The molecule has 2 rings (SSSR count). The van der Waals surface area contributed by atoms with E-state index < -0.39 is 0 Å². The molecule has 1 saturated heterocycles. The van der Waals surface area contributed by atoms with Gasteiger partial charge in [-0.3, -0.25) is 4.79 Å². The topological polar surface area (TPSA) is 41.6 Å². The van der Waals surface area contributed by atoms with Crippen molar-refractivity contribution in [3.63, 3.8) is 0 Å². The molecule has 0 radical (unpaired) electrons. The quantitative estimate of drug-likeness (QED) is 0.862. The number of carbonyl (C=O) groups is 1. The average molecular weight is 248 g/mol. The molecule has 4 heteroatoms. The van der Waals surface area contributed by atoms with Crippen molar-refractivity contribution in [1.29, 1.82) is 0 Å². The van der Waals surface area contributed by atoms with Crippen LogP contribution >= 0.6 is 0 Å². The van der Waals surface area contributed by atoms with Gasteiger partial charge in [-0.25, -0.2) is 0 Å². The highest BCUT2D eigenvalue weighted by molar-refractivity contribution is 5.77. The van der Waals surface area contributed by atoms with Gasteiger partial charge in [-0.05, 0) is 24.1 Å². The molecule has 0 aromatic heterocycles. The fourth-order valence-electron chi connectivity index (χ4n) is 2.37. The minimum Gasteiger partial charge on any atom is -0.496 e. The van der Waals surface area contributed by atoms with Crippen LogP contribution < -0.4 is 10.1 Å². The summed E-state index contributed by atoms with van der Waals surface area (Å²) in [6.07, 6.45) is 0.572. The highest BCUT2D eigenvalue weighted by Gasteiger charge is 2.24. The first-order valence-corrected chi connectivity index (χ1v) is 6.24. The predicted molar refractivity (Wildman–Crippen MR) is 70.7 cm³/mol. The second-order valence-electron chi connectivity index (χ2n) is 4.70. The van der Waals surface area contributed by atoms with E-state index in [1.807, 2.05) is 31.0 Å². The largest absolute Gasteiger partial charge is 0.496 e. The molecule has 1 N–H and O–H groups in total. The molecule has 0 saturated carbocycles. The number of methoxy groups -OCH3 is 1. The average Bonchev–Trinajstić information content (AvgIpc) is 2.53. The number of hydrogen-bond donors (Lipinski definition) is 1. The highest BCUT2D eigenvalue weighted by Crippen LogP contribution is 2.26. The molecule has 1 aliphatic rings. The zero-order chi connectivity index (χ0) is 13.1. The number of amides is 1. The molecule has 1 unspecified atom stereocenters. The Morgan fingerprint density at radius 1 is 1.44 bits per heavy atom. The minimum atomic E-state index is 0.101. The summed E-state index contributed by atoms with van der Waals surface area (Å²) < 4.78 is 5.26. The van der Waals surface area contributed by atoms with Crippen LogP contribution in [0.15, 0.2) is 18.2 Å². The van der Waals surface area contributed by atoms with Crippen LogP contribution in [0, 0.1) is 6.92 Å². The lowest BCUT2D eigenvalue weighted by atomic mass is 10.0. The van der Waals surface area contributed by atoms with Crippen LogP contribution in [-0.4, -0.2) is 38.1 Å². The summed E-state index contributed by atoms with van der Waals surface area (Å²) >= 11 is 0. The van der Waals surface area contributed by atoms with Crippen molar-refractivity contribution >= 4 is 5.91 Å². The Bertz CT molecular complexity index is 445. The SMILES string of the molecule is COc1ccc(C2CNCCC(=O)N2C)cc1C. The number of likely N-dealkylation sites (N-methyl/N-ethyl adjacent to an activating group) is 1. The van der Waals surface area contributed by atoms with E-state index in [-0.39, 0.29) is 11.9 Å². The van der Waals surface area contributed by atoms with Gasteiger partial charge in [0.2, 0.25) is 5.91 Å². The normalized spacial score (nSPS) is 20.7. The summed E-state index contributed by atoms with van der Waals surface area (Å²) in [6.45, 7) is 3.58. The van der Waals surface area contributed by atoms with Crippen molar-refractivity contribution < 1.29 is 9.53 Å². The number of nitrogens with zero attached hydrogens (tertiary/aromatic N) is 1. The van der Waals surface area contributed by atoms with Gasteiger partial charge < -0.3 is 15.0 Å². The standard InChI is InChI=1S/C14H20N2O2/c1-10-8-11(4-5-13(10)18-3)12-9-15-7-6-14(17)16(12)2/h4-5,8,12,15H,6-7,9H2,1-3H3. The molecule has 1 amide bonds. The summed E-state index contributed by atoms with van der Waals surface area (Å²) in [5.74, 6) is 1.08. The molecular formula is C14H20N2O2. The van der Waals surface area contributed by atoms with Gasteiger partial charge in [0.25, 0.3) is 0 Å². The molecule has 4 nitrogen and oxygen atoms in total. The van der Waals surface area contributed by atoms with Gasteiger partial charge in [-0.1, -0.05) is 12.1 Å². The molecule has 1 atom stereocenters. The molecule has 0 aliphatic carbocycles. The lowest BCUT2D eigenvalue weighted by Crippen LogP contribution is -2.32. The van der Waals surface area contributed by atoms with E-state index in [9.17, 15) is 4.79 Å². The molecule has 1 heterocycles. The Labute approximate surface area is 108 Å². The zero-order valence-electron chi connectivity index (χ0n) is 11.2. The van der Waals surface area contributed by atoms with Crippen LogP contribution in [0.4, 0.5) is 0 Å². The molecule has 1 fully saturated rings. The van der Waals surface area contributed by atoms with Gasteiger partial charge in [0.1, 0.15) is 5.75 Å². The maximum Gasteiger partial charge on any atom is 0.224 e. The first-order valence-electron chi connectivity index (χ1n) is 6.24. The summed E-state index contributed by atoms with van der Waals surface area (Å²) in [4.78, 5) is 13.7. The third-order valence-corrected chi connectivity index (χ3v) is 3.52. The Hall–Kier alpha value is -1.55. The second-order valence-corrected chi connectivity index (χ2v) is 4.70. The number of carbonyl (C=O) groups excluding carboxylic acids is 1. The molecule has 1 aromatic carbocycles. The third-order valence-electron chi connectivity index (χ3n) is 3.52. The zero-order valence-corrected chi connectivity index (χ0v) is 11.2. The summed E-state index contributed by atoms with van der Waals surface area (Å²) in [5, 5.41) is 3.31. The number of hydrogen-bond acceptors (Lipinski definition) is 3. The van der Waals surface area contributed by atoms with E-state index >= 15 is 0 Å². The molecule has 1 aliphatic heterocycles. The van der Waals surface area contributed by atoms with Crippen LogP contribution in [0.2, 0.25) is 0 Å². The minimum absolute atomic E-state index is 0.101. The monoisotopic (exact) mass is 248 g/mol. The molecule has 1 aromatic rings. The summed E-state index contributed by atoms with van der Waals surface area (Å²) in [6, 6.07) is 6.20. The predicted octanol–water partition coefficient (Wildman–Crippen LogP) is 1.50. The molecule has 0 bridgehead atoms. The van der Waals surface area contributed by atoms with Crippen LogP contribution in [0.3, 0.4) is 0 Å². The van der Waals surface area contributed by atoms with Crippen molar-refractivity contribution in [2.45, 2.75) is 19.4 Å². The maximum absolute atomic E-state index is 11.9.